The van der Waals surface area contributed by atoms with Crippen LogP contribution in [0.4, 0.5) is 0 Å². The minimum absolute atomic E-state index is 0.101. The zero-order valence-corrected chi connectivity index (χ0v) is 21.2. The quantitative estimate of drug-likeness (QED) is 0.344. The number of carbonyl (C=O) groups is 2. The van der Waals surface area contributed by atoms with E-state index in [2.05, 4.69) is 15.3 Å². The van der Waals surface area contributed by atoms with E-state index >= 15 is 0 Å². The van der Waals surface area contributed by atoms with Gasteiger partial charge in [0, 0.05) is 42.6 Å². The second-order valence-corrected chi connectivity index (χ2v) is 9.56. The number of aromatic amines is 1. The van der Waals surface area contributed by atoms with Crippen LogP contribution in [0.3, 0.4) is 0 Å². The van der Waals surface area contributed by atoms with Crippen LogP contribution in [-0.4, -0.2) is 28.7 Å². The maximum absolute atomic E-state index is 12.8. The summed E-state index contributed by atoms with van der Waals surface area (Å²) >= 11 is 0. The Hall–Kier alpha value is -4.19. The third-order valence-corrected chi connectivity index (χ3v) is 7.21. The number of benzene rings is 3. The van der Waals surface area contributed by atoms with E-state index in [4.69, 9.17) is 4.74 Å². The molecule has 0 aliphatic heterocycles. The van der Waals surface area contributed by atoms with Gasteiger partial charge in [-0.25, -0.2) is 4.98 Å². The predicted octanol–water partition coefficient (Wildman–Crippen LogP) is 5.42. The molecule has 1 aromatic heterocycles. The van der Waals surface area contributed by atoms with Gasteiger partial charge in [0.1, 0.15) is 5.75 Å². The van der Waals surface area contributed by atoms with Gasteiger partial charge in [-0.3, -0.25) is 9.59 Å². The molecule has 4 aromatic rings. The first-order chi connectivity index (χ1) is 18.0. The number of hydrogen-bond acceptors (Lipinski definition) is 4. The highest BCUT2D eigenvalue weighted by Gasteiger charge is 2.35. The number of hydrogen-bond donors (Lipinski definition) is 2. The van der Waals surface area contributed by atoms with Crippen molar-refractivity contribution in [2.75, 3.05) is 7.05 Å². The van der Waals surface area contributed by atoms with Crippen LogP contribution in [0.2, 0.25) is 0 Å². The molecule has 6 nitrogen and oxygen atoms in total. The van der Waals surface area contributed by atoms with Gasteiger partial charge in [-0.2, -0.15) is 0 Å². The minimum Gasteiger partial charge on any atom is -0.475 e. The summed E-state index contributed by atoms with van der Waals surface area (Å²) < 4.78 is 6.86. The van der Waals surface area contributed by atoms with Crippen LogP contribution in [0.1, 0.15) is 68.6 Å². The smallest absolute Gasteiger partial charge is 0.251 e. The van der Waals surface area contributed by atoms with Crippen molar-refractivity contribution in [1.29, 1.82) is 0 Å². The molecule has 1 amide bonds. The van der Waals surface area contributed by atoms with E-state index in [1.54, 1.807) is 19.4 Å². The minimum atomic E-state index is -0.846. The monoisotopic (exact) mass is 493 g/mol. The molecule has 188 valence electrons. The Morgan fingerprint density at radius 2 is 1.81 bits per heavy atom. The zero-order chi connectivity index (χ0) is 25.8. The van der Waals surface area contributed by atoms with Gasteiger partial charge in [-0.1, -0.05) is 42.5 Å². The molecule has 0 saturated carbocycles. The van der Waals surface area contributed by atoms with Gasteiger partial charge in [0.2, 0.25) is 0 Å². The number of ether oxygens (including phenoxy) is 1. The van der Waals surface area contributed by atoms with Crippen LogP contribution < -0.4 is 10.1 Å². The molecular formula is C31H31N3O3. The van der Waals surface area contributed by atoms with Crippen LogP contribution in [-0.2, 0) is 24.9 Å². The molecule has 6 heteroatoms. The first-order valence-corrected chi connectivity index (χ1v) is 12.7. The number of carbonyl (C=O) groups excluding carboxylic acids is 2. The number of fused-ring (bicyclic) bond motifs is 1. The average molecular weight is 494 g/mol. The highest BCUT2D eigenvalue weighted by atomic mass is 16.5. The summed E-state index contributed by atoms with van der Waals surface area (Å²) in [6.07, 6.45) is 7.29. The number of rotatable bonds is 8. The van der Waals surface area contributed by atoms with Crippen molar-refractivity contribution in [3.8, 4) is 5.75 Å². The molecule has 0 unspecified atom stereocenters. The van der Waals surface area contributed by atoms with E-state index < -0.39 is 5.60 Å². The Balaban J connectivity index is 1.52. The fraction of sp³-hybridized carbons (Fsp3) is 0.258. The Morgan fingerprint density at radius 1 is 1.03 bits per heavy atom. The largest absolute Gasteiger partial charge is 0.475 e. The molecule has 0 bridgehead atoms. The fourth-order valence-corrected chi connectivity index (χ4v) is 5.13. The molecular weight excluding hydrogens is 462 g/mol. The number of aromatic nitrogens is 2. The standard InChI is InChI=1S/C31H31N3O3/c1-31(30-33-19-20-34-30,23-7-4-3-5-8-23)37-28-18-17-25-24(9-6-10-27(25)35)26(28)16-13-21-11-14-22(15-12-21)29(36)32-2/h3-5,7-8,11-12,14-15,17-20H,6,9-10,13,16H2,1-2H3,(H,32,36)(H,33,34)/t31-/m0/s1. The van der Waals surface area contributed by atoms with E-state index in [1.165, 1.54) is 0 Å². The second-order valence-electron chi connectivity index (χ2n) is 9.56. The predicted molar refractivity (Wildman–Crippen MR) is 143 cm³/mol. The van der Waals surface area contributed by atoms with Gasteiger partial charge in [-0.05, 0) is 73.6 Å². The molecule has 5 rings (SSSR count). The van der Waals surface area contributed by atoms with Gasteiger partial charge in [-0.15, -0.1) is 0 Å². The second kappa shape index (κ2) is 10.4. The van der Waals surface area contributed by atoms with Crippen molar-refractivity contribution in [1.82, 2.24) is 15.3 Å². The van der Waals surface area contributed by atoms with Crippen molar-refractivity contribution in [3.63, 3.8) is 0 Å². The van der Waals surface area contributed by atoms with Gasteiger partial charge in [0.25, 0.3) is 5.91 Å². The summed E-state index contributed by atoms with van der Waals surface area (Å²) in [5, 5.41) is 2.66. The Kier molecular flexibility index (Phi) is 6.91. The first-order valence-electron chi connectivity index (χ1n) is 12.7. The lowest BCUT2D eigenvalue weighted by molar-refractivity contribution is 0.0958. The SMILES string of the molecule is CNC(=O)c1ccc(CCc2c(O[C@@](C)(c3ccccc3)c3ncc[nH]3)ccc3c2CCCC3=O)cc1. The van der Waals surface area contributed by atoms with Crippen LogP contribution in [0, 0.1) is 0 Å². The van der Waals surface area contributed by atoms with E-state index in [0.717, 1.165) is 52.8 Å². The fourth-order valence-electron chi connectivity index (χ4n) is 5.13. The van der Waals surface area contributed by atoms with Crippen LogP contribution in [0.5, 0.6) is 5.75 Å². The number of H-pyrrole nitrogens is 1. The van der Waals surface area contributed by atoms with Gasteiger partial charge < -0.3 is 15.0 Å². The van der Waals surface area contributed by atoms with Gasteiger partial charge in [0.15, 0.2) is 17.2 Å². The third-order valence-electron chi connectivity index (χ3n) is 7.21. The Morgan fingerprint density at radius 3 is 2.51 bits per heavy atom. The maximum atomic E-state index is 12.8. The lowest BCUT2D eigenvalue weighted by Crippen LogP contribution is -2.33. The lowest BCUT2D eigenvalue weighted by atomic mass is 9.84. The Labute approximate surface area is 217 Å². The van der Waals surface area contributed by atoms with Crippen molar-refractivity contribution >= 4 is 11.7 Å². The molecule has 0 radical (unpaired) electrons. The summed E-state index contributed by atoms with van der Waals surface area (Å²) in [5.41, 5.74) is 4.85. The molecule has 3 aromatic carbocycles. The number of aryl methyl sites for hydroxylation is 1. The Bertz CT molecular complexity index is 1400. The van der Waals surface area contributed by atoms with Gasteiger partial charge in [0.05, 0.1) is 0 Å². The van der Waals surface area contributed by atoms with Crippen molar-refractivity contribution in [2.45, 2.75) is 44.6 Å². The highest BCUT2D eigenvalue weighted by Crippen LogP contribution is 2.38. The summed E-state index contributed by atoms with van der Waals surface area (Å²) in [6, 6.07) is 21.6. The number of ketones is 1. The van der Waals surface area contributed by atoms with Crippen LogP contribution >= 0.6 is 0 Å². The molecule has 1 atom stereocenters. The maximum Gasteiger partial charge on any atom is 0.251 e. The number of amides is 1. The molecule has 37 heavy (non-hydrogen) atoms. The normalized spacial score (nSPS) is 14.5. The van der Waals surface area contributed by atoms with E-state index in [0.29, 0.717) is 24.2 Å². The molecule has 0 fully saturated rings. The van der Waals surface area contributed by atoms with Crippen molar-refractivity contribution in [2.24, 2.45) is 0 Å². The molecule has 1 aliphatic carbocycles. The van der Waals surface area contributed by atoms with E-state index in [1.807, 2.05) is 73.7 Å². The van der Waals surface area contributed by atoms with Gasteiger partial charge >= 0.3 is 0 Å². The molecule has 1 aliphatic rings. The molecule has 0 spiro atoms. The van der Waals surface area contributed by atoms with Crippen molar-refractivity contribution < 1.29 is 14.3 Å². The van der Waals surface area contributed by atoms with E-state index in [9.17, 15) is 9.59 Å². The lowest BCUT2D eigenvalue weighted by Gasteiger charge is -2.32. The zero-order valence-electron chi connectivity index (χ0n) is 21.2. The number of Topliss-reactive ketones (excluding diaryl/α,β-unsaturated/α-hetero) is 1. The highest BCUT2D eigenvalue weighted by molar-refractivity contribution is 5.99. The van der Waals surface area contributed by atoms with Crippen LogP contribution in [0.15, 0.2) is 79.1 Å². The summed E-state index contributed by atoms with van der Waals surface area (Å²) in [6.45, 7) is 2.02. The molecule has 0 saturated heterocycles. The van der Waals surface area contributed by atoms with Crippen LogP contribution in [0.25, 0.3) is 0 Å². The molecule has 1 heterocycles. The third kappa shape index (κ3) is 4.92. The summed E-state index contributed by atoms with van der Waals surface area (Å²) in [4.78, 5) is 32.5. The first kappa shape index (κ1) is 24.5. The summed E-state index contributed by atoms with van der Waals surface area (Å²) in [7, 11) is 1.63. The number of imidazole rings is 1. The number of nitrogens with zero attached hydrogens (tertiary/aromatic N) is 1. The average Bonchev–Trinajstić information content (AvgIpc) is 3.49. The van der Waals surface area contributed by atoms with E-state index in [-0.39, 0.29) is 11.7 Å². The summed E-state index contributed by atoms with van der Waals surface area (Å²) in [5.74, 6) is 1.57. The topological polar surface area (TPSA) is 84.1 Å². The number of nitrogens with one attached hydrogen (secondary N) is 2. The van der Waals surface area contributed by atoms with Crippen molar-refractivity contribution in [3.05, 3.63) is 118 Å². The molecule has 2 N–H and O–H groups in total.